The molecule has 1 heterocycles. The fraction of sp³-hybridized carbons (Fsp3) is 0.182. The van der Waals surface area contributed by atoms with Crippen LogP contribution in [0.4, 0.5) is 0 Å². The van der Waals surface area contributed by atoms with Crippen molar-refractivity contribution >= 4 is 16.7 Å². The summed E-state index contributed by atoms with van der Waals surface area (Å²) in [7, 11) is 0. The molecule has 0 saturated carbocycles. The minimum absolute atomic E-state index is 0. The molecule has 2 aromatic carbocycles. The molecule has 0 unspecified atom stereocenters. The van der Waals surface area contributed by atoms with E-state index in [0.717, 1.165) is 22.2 Å². The number of hydrogen-bond acceptors (Lipinski definition) is 3. The summed E-state index contributed by atoms with van der Waals surface area (Å²) in [6.07, 6.45) is 3.01. The Labute approximate surface area is 169 Å². The van der Waals surface area contributed by atoms with Gasteiger partial charge in [0, 0.05) is 38.9 Å². The summed E-state index contributed by atoms with van der Waals surface area (Å²) < 4.78 is 0. The molecule has 0 amide bonds. The summed E-state index contributed by atoms with van der Waals surface area (Å²) in [6, 6.07) is 18.1. The van der Waals surface area contributed by atoms with Gasteiger partial charge in [0.25, 0.3) is 0 Å². The quantitative estimate of drug-likeness (QED) is 0.278. The molecule has 0 aliphatic carbocycles. The van der Waals surface area contributed by atoms with Gasteiger partial charge in [-0.05, 0) is 25.3 Å². The maximum absolute atomic E-state index is 10.0. The number of nitrogens with zero attached hydrogens (tertiary/aromatic N) is 1. The predicted octanol–water partition coefficient (Wildman–Crippen LogP) is 5.35. The van der Waals surface area contributed by atoms with Gasteiger partial charge < -0.3 is 5.11 Å². The van der Waals surface area contributed by atoms with E-state index in [4.69, 9.17) is 5.11 Å². The fourth-order valence-corrected chi connectivity index (χ4v) is 2.66. The average Bonchev–Trinajstić information content (AvgIpc) is 2.52. The molecule has 0 fully saturated rings. The predicted molar refractivity (Wildman–Crippen MR) is 103 cm³/mol. The summed E-state index contributed by atoms with van der Waals surface area (Å²) >= 11 is 0. The van der Waals surface area contributed by atoms with E-state index < -0.39 is 0 Å². The number of aliphatic hydroxyl groups excluding tert-OH is 1. The number of allylic oxidation sites excluding steroid dienone is 2. The molecule has 0 aliphatic rings. The Hall–Kier alpha value is -2.25. The van der Waals surface area contributed by atoms with Crippen LogP contribution in [-0.2, 0) is 25.9 Å². The van der Waals surface area contributed by atoms with Crippen molar-refractivity contribution in [1.29, 1.82) is 0 Å². The molecule has 3 nitrogen and oxygen atoms in total. The minimum atomic E-state index is -0.125. The van der Waals surface area contributed by atoms with Gasteiger partial charge in [-0.3, -0.25) is 9.78 Å². The molecule has 0 aliphatic heterocycles. The van der Waals surface area contributed by atoms with Crippen molar-refractivity contribution in [1.82, 2.24) is 4.98 Å². The Morgan fingerprint density at radius 3 is 2.38 bits per heavy atom. The van der Waals surface area contributed by atoms with Gasteiger partial charge >= 0.3 is 0 Å². The normalized spacial score (nSPS) is 10.5. The van der Waals surface area contributed by atoms with Crippen molar-refractivity contribution in [3.8, 4) is 11.1 Å². The van der Waals surface area contributed by atoms with Crippen molar-refractivity contribution in [2.45, 2.75) is 27.7 Å². The number of rotatable bonds is 2. The van der Waals surface area contributed by atoms with E-state index >= 15 is 0 Å². The molecule has 1 aromatic heterocycles. The van der Waals surface area contributed by atoms with Crippen LogP contribution in [-0.4, -0.2) is 15.9 Å². The van der Waals surface area contributed by atoms with Gasteiger partial charge in [-0.2, -0.15) is 0 Å². The van der Waals surface area contributed by atoms with E-state index in [0.29, 0.717) is 0 Å². The van der Waals surface area contributed by atoms with Crippen LogP contribution in [0, 0.1) is 19.9 Å². The van der Waals surface area contributed by atoms with Gasteiger partial charge in [-0.25, -0.2) is 0 Å². The zero-order chi connectivity index (χ0) is 18.4. The van der Waals surface area contributed by atoms with Crippen molar-refractivity contribution in [2.24, 2.45) is 0 Å². The van der Waals surface area contributed by atoms with E-state index in [1.165, 1.54) is 30.9 Å². The summed E-state index contributed by atoms with van der Waals surface area (Å²) in [4.78, 5) is 14.5. The largest absolute Gasteiger partial charge is 0.512 e. The number of benzene rings is 2. The van der Waals surface area contributed by atoms with Crippen LogP contribution >= 0.6 is 0 Å². The van der Waals surface area contributed by atoms with Gasteiger partial charge in [0.2, 0.25) is 0 Å². The van der Waals surface area contributed by atoms with Crippen LogP contribution < -0.4 is 0 Å². The smallest absolute Gasteiger partial charge is 0.155 e. The third kappa shape index (κ3) is 6.24. The number of carbonyl (C=O) groups is 1. The van der Waals surface area contributed by atoms with Crippen molar-refractivity contribution in [3.63, 3.8) is 0 Å². The molecule has 0 atom stereocenters. The Kier molecular flexibility index (Phi) is 8.41. The molecule has 1 N–H and O–H groups in total. The number of hydrogen-bond donors (Lipinski definition) is 1. The van der Waals surface area contributed by atoms with Crippen molar-refractivity contribution < 1.29 is 31.0 Å². The van der Waals surface area contributed by atoms with E-state index in [-0.39, 0.29) is 32.6 Å². The topological polar surface area (TPSA) is 50.2 Å². The third-order valence-corrected chi connectivity index (χ3v) is 3.48. The Morgan fingerprint density at radius 2 is 1.81 bits per heavy atom. The van der Waals surface area contributed by atoms with Crippen molar-refractivity contribution in [3.05, 3.63) is 77.7 Å². The summed E-state index contributed by atoms with van der Waals surface area (Å²) in [5.74, 6) is -0.0625. The van der Waals surface area contributed by atoms with Gasteiger partial charge in [-0.15, -0.1) is 34.9 Å². The first kappa shape index (κ1) is 21.8. The summed E-state index contributed by atoms with van der Waals surface area (Å²) in [5, 5.41) is 9.53. The van der Waals surface area contributed by atoms with Gasteiger partial charge in [0.05, 0.1) is 5.76 Å². The molecule has 0 saturated heterocycles. The first-order valence-electron chi connectivity index (χ1n) is 8.09. The molecular weight excluding hydrogens is 505 g/mol. The van der Waals surface area contributed by atoms with Crippen LogP contribution in [0.2, 0.25) is 0 Å². The van der Waals surface area contributed by atoms with Crippen LogP contribution in [0.3, 0.4) is 0 Å². The number of aromatic nitrogens is 1. The molecule has 138 valence electrons. The summed E-state index contributed by atoms with van der Waals surface area (Å²) in [6.45, 7) is 7.04. The second-order valence-electron chi connectivity index (χ2n) is 6.03. The Morgan fingerprint density at radius 1 is 1.12 bits per heavy atom. The Bertz CT molecular complexity index is 903. The van der Waals surface area contributed by atoms with Crippen LogP contribution in [0.1, 0.15) is 25.0 Å². The standard InChI is InChI=1S/C17H14N.C5H8O2.Pt/c1-12-9-13(2)11-15(10-12)16-7-3-5-14-6-4-8-18-17(14)16;1-4(6)3-5(2)7;/h3-10H,1-2H3;3,6H,1-2H3;/q-1;;/b;4-3-;. The van der Waals surface area contributed by atoms with E-state index in [1.807, 2.05) is 12.3 Å². The number of fused-ring (bicyclic) bond motifs is 1. The molecule has 0 bridgehead atoms. The number of para-hydroxylation sites is 1. The number of aryl methyl sites for hydroxylation is 2. The van der Waals surface area contributed by atoms with E-state index in [2.05, 4.69) is 61.3 Å². The minimum Gasteiger partial charge on any atom is -0.512 e. The van der Waals surface area contributed by atoms with Crippen LogP contribution in [0.25, 0.3) is 22.0 Å². The molecular formula is C22H22NO2Pt-. The van der Waals surface area contributed by atoms with Crippen LogP contribution in [0.5, 0.6) is 0 Å². The number of pyridine rings is 1. The zero-order valence-corrected chi connectivity index (χ0v) is 17.6. The maximum atomic E-state index is 10.0. The molecule has 26 heavy (non-hydrogen) atoms. The second-order valence-corrected chi connectivity index (χ2v) is 6.03. The fourth-order valence-electron chi connectivity index (χ4n) is 2.66. The molecule has 4 heteroatoms. The summed E-state index contributed by atoms with van der Waals surface area (Å²) in [5.41, 5.74) is 5.74. The van der Waals surface area contributed by atoms with Crippen LogP contribution in [0.15, 0.2) is 60.5 Å². The van der Waals surface area contributed by atoms with E-state index in [9.17, 15) is 4.79 Å². The number of ketones is 1. The first-order chi connectivity index (χ1) is 11.9. The SMILES string of the molecule is CC(=O)/C=C(/C)O.Cc1[c-]c(-c2cccc3cccnc23)cc(C)c1.[Pt]. The maximum Gasteiger partial charge on any atom is 0.155 e. The second kappa shape index (κ2) is 10.0. The molecule has 3 aromatic rings. The monoisotopic (exact) mass is 527 g/mol. The van der Waals surface area contributed by atoms with E-state index in [1.54, 1.807) is 0 Å². The first-order valence-corrected chi connectivity index (χ1v) is 8.09. The third-order valence-electron chi connectivity index (χ3n) is 3.48. The number of aliphatic hydroxyl groups is 1. The molecule has 0 radical (unpaired) electrons. The Balaban J connectivity index is 0.000000366. The molecule has 0 spiro atoms. The van der Waals surface area contributed by atoms with Gasteiger partial charge in [0.15, 0.2) is 5.78 Å². The number of carbonyl (C=O) groups excluding carboxylic acids is 1. The van der Waals surface area contributed by atoms with Gasteiger partial charge in [-0.1, -0.05) is 43.7 Å². The zero-order valence-electron chi connectivity index (χ0n) is 15.3. The van der Waals surface area contributed by atoms with Gasteiger partial charge in [0.1, 0.15) is 0 Å². The average molecular weight is 528 g/mol. The van der Waals surface area contributed by atoms with Crippen molar-refractivity contribution in [2.75, 3.05) is 0 Å². The molecule has 3 rings (SSSR count).